The largest absolute Gasteiger partial charge is 0.374 e. The van der Waals surface area contributed by atoms with Crippen LogP contribution in [0.1, 0.15) is 33.4 Å². The fourth-order valence-corrected chi connectivity index (χ4v) is 6.07. The fourth-order valence-electron chi connectivity index (χ4n) is 5.36. The van der Waals surface area contributed by atoms with Gasteiger partial charge in [0.25, 0.3) is 0 Å². The Hall–Kier alpha value is -3.69. The van der Waals surface area contributed by atoms with E-state index in [9.17, 15) is 0 Å². The summed E-state index contributed by atoms with van der Waals surface area (Å²) in [6.45, 7) is 2.01. The summed E-state index contributed by atoms with van der Waals surface area (Å²) in [6.07, 6.45) is -0.482. The molecule has 7 heteroatoms. The van der Waals surface area contributed by atoms with E-state index in [0.717, 1.165) is 27.3 Å². The molecule has 5 atom stereocenters. The summed E-state index contributed by atoms with van der Waals surface area (Å²) in [5.41, 5.74) is 4.32. The van der Waals surface area contributed by atoms with Crippen molar-refractivity contribution in [1.82, 2.24) is 4.98 Å². The summed E-state index contributed by atoms with van der Waals surface area (Å²) >= 11 is 1.55. The SMILES string of the molecule is c1ccc(COC[C@H]2O[C@H](c3nccs3)[C@@H](OCc3ccccc3)[C@@H](OCc3ccccc3)[C@@H]2OCc2ccccc2)cc1. The molecule has 0 unspecified atom stereocenters. The lowest BCUT2D eigenvalue weighted by Gasteiger charge is -2.45. The van der Waals surface area contributed by atoms with Crippen LogP contribution in [0.4, 0.5) is 0 Å². The highest BCUT2D eigenvalue weighted by Gasteiger charge is 2.49. The average Bonchev–Trinajstić information content (AvgIpc) is 3.63. The molecule has 44 heavy (non-hydrogen) atoms. The predicted molar refractivity (Wildman–Crippen MR) is 171 cm³/mol. The maximum Gasteiger partial charge on any atom is 0.138 e. The maximum absolute atomic E-state index is 6.85. The molecular weight excluding hydrogens is 570 g/mol. The molecule has 1 saturated heterocycles. The van der Waals surface area contributed by atoms with Crippen LogP contribution in [0.15, 0.2) is 133 Å². The van der Waals surface area contributed by atoms with Crippen molar-refractivity contribution < 1.29 is 23.7 Å². The summed E-state index contributed by atoms with van der Waals surface area (Å²) in [4.78, 5) is 4.66. The van der Waals surface area contributed by atoms with Gasteiger partial charge in [-0.05, 0) is 22.3 Å². The van der Waals surface area contributed by atoms with Gasteiger partial charge in [-0.25, -0.2) is 4.98 Å². The van der Waals surface area contributed by atoms with Gasteiger partial charge in [0.05, 0.1) is 33.0 Å². The number of rotatable bonds is 14. The van der Waals surface area contributed by atoms with E-state index in [1.807, 2.05) is 78.2 Å². The molecule has 0 bridgehead atoms. The third-order valence-corrected chi connectivity index (χ3v) is 8.42. The standard InChI is InChI=1S/C37H37NO5S/c1-5-13-28(14-6-1)23-39-27-32-33(40-24-29-15-7-2-8-16-29)34(41-25-30-17-9-3-10-18-30)35(36(43-32)37-38-21-22-44-37)42-26-31-19-11-4-12-20-31/h1-22,32-36H,23-27H2/t32-,33-,34+,35+,36+/m1/s1. The van der Waals surface area contributed by atoms with Gasteiger partial charge in [0.2, 0.25) is 0 Å². The molecule has 4 aromatic carbocycles. The Kier molecular flexibility index (Phi) is 10.9. The molecule has 1 fully saturated rings. The Morgan fingerprint density at radius 2 is 1.00 bits per heavy atom. The summed E-state index contributed by atoms with van der Waals surface area (Å²) in [7, 11) is 0. The summed E-state index contributed by atoms with van der Waals surface area (Å²) in [6, 6.07) is 40.7. The second-order valence-corrected chi connectivity index (χ2v) is 11.7. The molecule has 0 saturated carbocycles. The third kappa shape index (κ3) is 8.27. The van der Waals surface area contributed by atoms with Crippen LogP contribution in [0.2, 0.25) is 0 Å². The molecule has 0 N–H and O–H groups in total. The first-order valence-corrected chi connectivity index (χ1v) is 15.8. The molecule has 226 valence electrons. The van der Waals surface area contributed by atoms with E-state index in [0.29, 0.717) is 33.0 Å². The Balaban J connectivity index is 1.31. The lowest BCUT2D eigenvalue weighted by Crippen LogP contribution is -2.58. The lowest BCUT2D eigenvalue weighted by molar-refractivity contribution is -0.275. The quantitative estimate of drug-likeness (QED) is 0.130. The summed E-state index contributed by atoms with van der Waals surface area (Å²) in [5, 5.41) is 2.80. The van der Waals surface area contributed by atoms with Gasteiger partial charge in [-0.2, -0.15) is 0 Å². The highest BCUT2D eigenvalue weighted by atomic mass is 32.1. The zero-order chi connectivity index (χ0) is 29.8. The fraction of sp³-hybridized carbons (Fsp3) is 0.270. The van der Waals surface area contributed by atoms with Crippen molar-refractivity contribution >= 4 is 11.3 Å². The number of benzene rings is 4. The number of nitrogens with zero attached hydrogens (tertiary/aromatic N) is 1. The van der Waals surface area contributed by atoms with Gasteiger partial charge in [-0.15, -0.1) is 11.3 Å². The van der Waals surface area contributed by atoms with Crippen LogP contribution in [-0.4, -0.2) is 36.0 Å². The van der Waals surface area contributed by atoms with E-state index in [1.165, 1.54) is 0 Å². The van der Waals surface area contributed by atoms with Crippen molar-refractivity contribution in [2.24, 2.45) is 0 Å². The normalized spacial score (nSPS) is 21.7. The Morgan fingerprint density at radius 3 is 1.48 bits per heavy atom. The van der Waals surface area contributed by atoms with Crippen molar-refractivity contribution in [2.45, 2.75) is 56.9 Å². The smallest absolute Gasteiger partial charge is 0.138 e. The van der Waals surface area contributed by atoms with E-state index in [4.69, 9.17) is 23.7 Å². The number of thiazole rings is 1. The van der Waals surface area contributed by atoms with Crippen molar-refractivity contribution in [3.8, 4) is 0 Å². The second kappa shape index (κ2) is 15.9. The van der Waals surface area contributed by atoms with E-state index < -0.39 is 30.5 Å². The van der Waals surface area contributed by atoms with Crippen LogP contribution in [0.5, 0.6) is 0 Å². The van der Waals surface area contributed by atoms with Crippen molar-refractivity contribution in [3.63, 3.8) is 0 Å². The number of hydrogen-bond acceptors (Lipinski definition) is 7. The molecule has 1 aliphatic heterocycles. The molecule has 6 rings (SSSR count). The topological polar surface area (TPSA) is 59.0 Å². The van der Waals surface area contributed by atoms with E-state index in [2.05, 4.69) is 53.5 Å². The van der Waals surface area contributed by atoms with Gasteiger partial charge in [0, 0.05) is 11.6 Å². The van der Waals surface area contributed by atoms with Gasteiger partial charge in [0.1, 0.15) is 35.5 Å². The molecule has 0 radical (unpaired) electrons. The molecule has 5 aromatic rings. The zero-order valence-electron chi connectivity index (χ0n) is 24.5. The van der Waals surface area contributed by atoms with Crippen LogP contribution in [0.25, 0.3) is 0 Å². The minimum Gasteiger partial charge on any atom is -0.374 e. The van der Waals surface area contributed by atoms with Crippen LogP contribution in [0, 0.1) is 0 Å². The maximum atomic E-state index is 6.85. The highest BCUT2D eigenvalue weighted by molar-refractivity contribution is 7.09. The molecule has 0 aliphatic carbocycles. The van der Waals surface area contributed by atoms with Crippen molar-refractivity contribution in [3.05, 3.63) is 160 Å². The monoisotopic (exact) mass is 607 g/mol. The summed E-state index contributed by atoms with van der Waals surface area (Å²) in [5.74, 6) is 0. The number of ether oxygens (including phenoxy) is 5. The van der Waals surface area contributed by atoms with Crippen LogP contribution < -0.4 is 0 Å². The van der Waals surface area contributed by atoms with Crippen LogP contribution in [0.3, 0.4) is 0 Å². The molecule has 0 spiro atoms. The predicted octanol–water partition coefficient (Wildman–Crippen LogP) is 7.56. The van der Waals surface area contributed by atoms with E-state index in [1.54, 1.807) is 17.5 Å². The Bertz CT molecular complexity index is 1490. The van der Waals surface area contributed by atoms with Crippen molar-refractivity contribution in [1.29, 1.82) is 0 Å². The third-order valence-electron chi connectivity index (χ3n) is 7.58. The molecular formula is C37H37NO5S. The lowest BCUT2D eigenvalue weighted by atomic mass is 9.94. The van der Waals surface area contributed by atoms with Gasteiger partial charge in [0.15, 0.2) is 0 Å². The molecule has 6 nitrogen and oxygen atoms in total. The molecule has 1 aromatic heterocycles. The summed E-state index contributed by atoms with van der Waals surface area (Å²) < 4.78 is 33.3. The average molecular weight is 608 g/mol. The minimum absolute atomic E-state index is 0.326. The Morgan fingerprint density at radius 1 is 0.545 bits per heavy atom. The van der Waals surface area contributed by atoms with E-state index in [-0.39, 0.29) is 0 Å². The molecule has 2 heterocycles. The van der Waals surface area contributed by atoms with Crippen LogP contribution >= 0.6 is 11.3 Å². The molecule has 1 aliphatic rings. The first-order valence-electron chi connectivity index (χ1n) is 15.0. The van der Waals surface area contributed by atoms with E-state index >= 15 is 0 Å². The number of aromatic nitrogens is 1. The van der Waals surface area contributed by atoms with Gasteiger partial charge < -0.3 is 23.7 Å². The first kappa shape index (κ1) is 30.3. The van der Waals surface area contributed by atoms with Crippen LogP contribution in [-0.2, 0) is 50.1 Å². The zero-order valence-corrected chi connectivity index (χ0v) is 25.3. The van der Waals surface area contributed by atoms with Crippen molar-refractivity contribution in [2.75, 3.05) is 6.61 Å². The van der Waals surface area contributed by atoms with Gasteiger partial charge in [-0.3, -0.25) is 0 Å². The Labute approximate surface area is 263 Å². The van der Waals surface area contributed by atoms with Gasteiger partial charge >= 0.3 is 0 Å². The van der Waals surface area contributed by atoms with Gasteiger partial charge in [-0.1, -0.05) is 121 Å². The molecule has 0 amide bonds. The number of hydrogen-bond donors (Lipinski definition) is 0. The second-order valence-electron chi connectivity index (χ2n) is 10.7. The first-order chi connectivity index (χ1) is 21.8. The minimum atomic E-state index is -0.476. The highest BCUT2D eigenvalue weighted by Crippen LogP contribution is 2.39.